The van der Waals surface area contributed by atoms with Gasteiger partial charge in [0.05, 0.1) is 24.0 Å². The maximum Gasteiger partial charge on any atom is 0.416 e. The van der Waals surface area contributed by atoms with Crippen LogP contribution in [0.2, 0.25) is 0 Å². The zero-order valence-electron chi connectivity index (χ0n) is 19.7. The monoisotopic (exact) mass is 520 g/mol. The summed E-state index contributed by atoms with van der Waals surface area (Å²) in [5.41, 5.74) is 1.09. The van der Waals surface area contributed by atoms with Gasteiger partial charge in [-0.15, -0.1) is 0 Å². The van der Waals surface area contributed by atoms with Crippen molar-refractivity contribution in [3.63, 3.8) is 0 Å². The second kappa shape index (κ2) is 9.97. The van der Waals surface area contributed by atoms with Crippen molar-refractivity contribution in [2.24, 2.45) is 0 Å². The van der Waals surface area contributed by atoms with Gasteiger partial charge in [0, 0.05) is 23.3 Å². The number of carbonyl (C=O) groups excluding carboxylic acids is 1. The van der Waals surface area contributed by atoms with E-state index in [1.54, 1.807) is 47.2 Å². The molecule has 2 aromatic heterocycles. The zero-order chi connectivity index (χ0) is 26.9. The Balaban J connectivity index is 1.31. The number of anilines is 1. The lowest BCUT2D eigenvalue weighted by Crippen LogP contribution is -2.24. The summed E-state index contributed by atoms with van der Waals surface area (Å²) in [4.78, 5) is 25.0. The molecule has 2 heterocycles. The molecule has 1 N–H and O–H groups in total. The second-order valence-corrected chi connectivity index (χ2v) is 8.70. The molecule has 192 valence electrons. The van der Waals surface area contributed by atoms with E-state index in [-0.39, 0.29) is 24.3 Å². The fraction of sp³-hybridized carbons (Fsp3) is 0.107. The van der Waals surface area contributed by atoms with E-state index in [0.29, 0.717) is 28.1 Å². The van der Waals surface area contributed by atoms with Gasteiger partial charge in [0.15, 0.2) is 5.82 Å². The van der Waals surface area contributed by atoms with Gasteiger partial charge in [0.1, 0.15) is 5.82 Å². The molecule has 3 aromatic carbocycles. The highest BCUT2D eigenvalue weighted by atomic mass is 19.4. The van der Waals surface area contributed by atoms with Crippen LogP contribution in [0.5, 0.6) is 0 Å². The van der Waals surface area contributed by atoms with Crippen LogP contribution in [-0.4, -0.2) is 20.3 Å². The number of halogens is 4. The molecule has 0 spiro atoms. The number of amides is 1. The highest BCUT2D eigenvalue weighted by Gasteiger charge is 2.30. The number of carbonyl (C=O) groups is 1. The van der Waals surface area contributed by atoms with Crippen molar-refractivity contribution >= 4 is 22.5 Å². The summed E-state index contributed by atoms with van der Waals surface area (Å²) in [6.07, 6.45) is -2.80. The second-order valence-electron chi connectivity index (χ2n) is 8.70. The molecule has 0 aliphatic rings. The van der Waals surface area contributed by atoms with Crippen LogP contribution in [-0.2, 0) is 23.9 Å². The van der Waals surface area contributed by atoms with Crippen molar-refractivity contribution < 1.29 is 22.4 Å². The molecular weight excluding hydrogens is 500 g/mol. The van der Waals surface area contributed by atoms with Gasteiger partial charge in [-0.2, -0.15) is 18.3 Å². The van der Waals surface area contributed by atoms with Crippen LogP contribution in [0.3, 0.4) is 0 Å². The first-order valence-electron chi connectivity index (χ1n) is 11.6. The van der Waals surface area contributed by atoms with Crippen LogP contribution in [0, 0.1) is 5.82 Å². The van der Waals surface area contributed by atoms with E-state index in [0.717, 1.165) is 17.5 Å². The van der Waals surface area contributed by atoms with Crippen LogP contribution in [0.15, 0.2) is 95.9 Å². The number of nitrogens with one attached hydrogen (secondary N) is 1. The number of nitrogens with zero attached hydrogens (tertiary/aromatic N) is 3. The average molecular weight is 520 g/mol. The van der Waals surface area contributed by atoms with Crippen LogP contribution < -0.4 is 10.9 Å². The first-order chi connectivity index (χ1) is 18.2. The maximum atomic E-state index is 13.8. The lowest BCUT2D eigenvalue weighted by molar-refractivity contribution is -0.137. The molecule has 0 saturated heterocycles. The molecule has 0 aliphatic heterocycles. The Morgan fingerprint density at radius 2 is 1.68 bits per heavy atom. The minimum absolute atomic E-state index is 0.100. The van der Waals surface area contributed by atoms with Crippen molar-refractivity contribution in [2.45, 2.75) is 19.1 Å². The molecule has 5 rings (SSSR count). The molecule has 0 atom stereocenters. The van der Waals surface area contributed by atoms with Crippen LogP contribution in [0.4, 0.5) is 23.2 Å². The molecular formula is C28H20F4N4O2. The van der Waals surface area contributed by atoms with Gasteiger partial charge in [-0.05, 0) is 65.7 Å². The summed E-state index contributed by atoms with van der Waals surface area (Å²) in [6, 6.07) is 20.4. The summed E-state index contributed by atoms with van der Waals surface area (Å²) in [6.45, 7) is 0.114. The van der Waals surface area contributed by atoms with Gasteiger partial charge in [-0.25, -0.2) is 9.07 Å². The maximum absolute atomic E-state index is 13.8. The molecule has 5 aromatic rings. The molecule has 0 unspecified atom stereocenters. The van der Waals surface area contributed by atoms with Gasteiger partial charge in [-0.1, -0.05) is 24.3 Å². The van der Waals surface area contributed by atoms with Crippen molar-refractivity contribution in [1.29, 1.82) is 0 Å². The highest BCUT2D eigenvalue weighted by Crippen LogP contribution is 2.29. The van der Waals surface area contributed by atoms with Crippen LogP contribution in [0.1, 0.15) is 16.7 Å². The Labute approximate surface area is 213 Å². The Kier molecular flexibility index (Phi) is 6.54. The number of benzene rings is 3. The summed E-state index contributed by atoms with van der Waals surface area (Å²) in [7, 11) is 0. The summed E-state index contributed by atoms with van der Waals surface area (Å²) in [5, 5.41) is 7.99. The Bertz CT molecular complexity index is 1690. The summed E-state index contributed by atoms with van der Waals surface area (Å²) >= 11 is 0. The third-order valence-corrected chi connectivity index (χ3v) is 5.94. The Hall–Kier alpha value is -4.73. The predicted octanol–water partition coefficient (Wildman–Crippen LogP) is 5.57. The molecule has 10 heteroatoms. The lowest BCUT2D eigenvalue weighted by atomic mass is 10.1. The van der Waals surface area contributed by atoms with E-state index in [1.807, 2.05) is 6.07 Å². The SMILES string of the molecule is O=C(Cc1ccc(C(F)(F)F)cc1)Nc1cccc(Cn2nc(-n3ccc4ccc(F)cc43)ccc2=O)c1. The molecule has 0 saturated carbocycles. The van der Waals surface area contributed by atoms with Crippen molar-refractivity contribution in [3.8, 4) is 5.82 Å². The van der Waals surface area contributed by atoms with Crippen LogP contribution >= 0.6 is 0 Å². The van der Waals surface area contributed by atoms with Gasteiger partial charge < -0.3 is 5.32 Å². The Morgan fingerprint density at radius 1 is 0.895 bits per heavy atom. The summed E-state index contributed by atoms with van der Waals surface area (Å²) in [5.74, 6) is -0.347. The molecule has 0 bridgehead atoms. The highest BCUT2D eigenvalue weighted by molar-refractivity contribution is 5.92. The summed E-state index contributed by atoms with van der Waals surface area (Å²) < 4.78 is 55.0. The third kappa shape index (κ3) is 5.49. The van der Waals surface area contributed by atoms with Crippen molar-refractivity contribution in [2.75, 3.05) is 5.32 Å². The van der Waals surface area contributed by atoms with Gasteiger partial charge in [0.25, 0.3) is 5.56 Å². The number of alkyl halides is 3. The van der Waals surface area contributed by atoms with Crippen molar-refractivity contribution in [1.82, 2.24) is 14.3 Å². The number of rotatable bonds is 6. The number of aromatic nitrogens is 3. The average Bonchev–Trinajstić information content (AvgIpc) is 3.28. The first kappa shape index (κ1) is 24.9. The molecule has 0 radical (unpaired) electrons. The lowest BCUT2D eigenvalue weighted by Gasteiger charge is -2.11. The smallest absolute Gasteiger partial charge is 0.326 e. The molecule has 0 fully saturated rings. The molecule has 6 nitrogen and oxygen atoms in total. The van der Waals surface area contributed by atoms with Crippen LogP contribution in [0.25, 0.3) is 16.7 Å². The zero-order valence-corrected chi connectivity index (χ0v) is 19.7. The fourth-order valence-electron chi connectivity index (χ4n) is 4.10. The normalized spacial score (nSPS) is 11.6. The minimum atomic E-state index is -4.44. The van der Waals surface area contributed by atoms with E-state index in [1.165, 1.54) is 35.0 Å². The number of hydrogen-bond acceptors (Lipinski definition) is 3. The number of fused-ring (bicyclic) bond motifs is 1. The molecule has 38 heavy (non-hydrogen) atoms. The van der Waals surface area contributed by atoms with E-state index in [9.17, 15) is 27.2 Å². The largest absolute Gasteiger partial charge is 0.416 e. The topological polar surface area (TPSA) is 68.9 Å². The van der Waals surface area contributed by atoms with E-state index < -0.39 is 17.6 Å². The standard InChI is InChI=1S/C28H20F4N4O2/c29-22-9-6-20-12-13-35(24(20)16-22)25-10-11-27(38)36(34-25)17-19-2-1-3-23(14-19)33-26(37)15-18-4-7-21(8-5-18)28(30,31)32/h1-14,16H,15,17H2,(H,33,37). The third-order valence-electron chi connectivity index (χ3n) is 5.94. The quantitative estimate of drug-likeness (QED) is 0.298. The fourth-order valence-corrected chi connectivity index (χ4v) is 4.10. The minimum Gasteiger partial charge on any atom is -0.326 e. The van der Waals surface area contributed by atoms with E-state index in [4.69, 9.17) is 0 Å². The first-order valence-corrected chi connectivity index (χ1v) is 11.6. The Morgan fingerprint density at radius 3 is 2.45 bits per heavy atom. The molecule has 1 amide bonds. The van der Waals surface area contributed by atoms with Crippen molar-refractivity contribution in [3.05, 3.63) is 124 Å². The molecule has 0 aliphatic carbocycles. The predicted molar refractivity (Wildman–Crippen MR) is 135 cm³/mol. The van der Waals surface area contributed by atoms with E-state index in [2.05, 4.69) is 10.4 Å². The van der Waals surface area contributed by atoms with Gasteiger partial charge in [0.2, 0.25) is 5.91 Å². The van der Waals surface area contributed by atoms with Gasteiger partial charge in [-0.3, -0.25) is 14.2 Å². The number of hydrogen-bond donors (Lipinski definition) is 1. The van der Waals surface area contributed by atoms with E-state index >= 15 is 0 Å². The van der Waals surface area contributed by atoms with Gasteiger partial charge >= 0.3 is 6.18 Å².